The molecule has 0 atom stereocenters. The molecule has 0 fully saturated rings. The van der Waals surface area contributed by atoms with E-state index < -0.39 is 0 Å². The van der Waals surface area contributed by atoms with Crippen molar-refractivity contribution in [1.29, 1.82) is 0 Å². The number of hydrogen-bond acceptors (Lipinski definition) is 6. The number of nitrogens with zero attached hydrogens (tertiary/aromatic N) is 2. The second-order valence-electron chi connectivity index (χ2n) is 5.74. The normalized spacial score (nSPS) is 10.9. The predicted molar refractivity (Wildman–Crippen MR) is 96.5 cm³/mol. The Hall–Kier alpha value is -2.50. The molecule has 1 aromatic heterocycles. The number of nitrogen functional groups attached to an aromatic ring is 2. The maximum absolute atomic E-state index is 5.94. The fraction of sp³-hybridized carbons (Fsp3) is 0.444. The molecule has 0 aliphatic heterocycles. The minimum Gasteiger partial charge on any atom is -0.496 e. The van der Waals surface area contributed by atoms with E-state index in [0.717, 1.165) is 41.0 Å². The lowest BCUT2D eigenvalue weighted by atomic mass is 9.90. The first kappa shape index (κ1) is 17.8. The standard InChI is InChI=1S/C18H26N4O2/c1-5-12(6-2)16-14(23-3)8-11(9-15(16)24-4)7-13-10-21-18(20)22-17(13)19/h8-10,12H,5-7H2,1-4H3,(H4,19,20,21,22). The van der Waals surface area contributed by atoms with Crippen molar-refractivity contribution in [1.82, 2.24) is 9.97 Å². The van der Waals surface area contributed by atoms with Crippen molar-refractivity contribution >= 4 is 11.8 Å². The molecule has 0 saturated heterocycles. The summed E-state index contributed by atoms with van der Waals surface area (Å²) in [5.74, 6) is 2.65. The second-order valence-corrected chi connectivity index (χ2v) is 5.74. The summed E-state index contributed by atoms with van der Waals surface area (Å²) in [6.45, 7) is 4.35. The maximum atomic E-state index is 5.94. The van der Waals surface area contributed by atoms with Gasteiger partial charge in [-0.2, -0.15) is 4.98 Å². The molecular weight excluding hydrogens is 304 g/mol. The van der Waals surface area contributed by atoms with E-state index in [-0.39, 0.29) is 5.95 Å². The van der Waals surface area contributed by atoms with Crippen molar-refractivity contribution in [2.45, 2.75) is 39.0 Å². The Labute approximate surface area is 143 Å². The summed E-state index contributed by atoms with van der Waals surface area (Å²) >= 11 is 0. The smallest absolute Gasteiger partial charge is 0.221 e. The van der Waals surface area contributed by atoms with E-state index in [1.165, 1.54) is 0 Å². The average molecular weight is 330 g/mol. The van der Waals surface area contributed by atoms with Gasteiger partial charge in [0.1, 0.15) is 17.3 Å². The van der Waals surface area contributed by atoms with Crippen LogP contribution in [0.5, 0.6) is 11.5 Å². The van der Waals surface area contributed by atoms with Gasteiger partial charge in [0.2, 0.25) is 5.95 Å². The molecule has 24 heavy (non-hydrogen) atoms. The first-order valence-corrected chi connectivity index (χ1v) is 8.15. The van der Waals surface area contributed by atoms with Gasteiger partial charge in [0, 0.05) is 23.7 Å². The van der Waals surface area contributed by atoms with Crippen LogP contribution >= 0.6 is 0 Å². The number of rotatable bonds is 7. The summed E-state index contributed by atoms with van der Waals surface area (Å²) < 4.78 is 11.3. The van der Waals surface area contributed by atoms with Gasteiger partial charge < -0.3 is 20.9 Å². The lowest BCUT2D eigenvalue weighted by molar-refractivity contribution is 0.375. The van der Waals surface area contributed by atoms with Crippen LogP contribution in [-0.2, 0) is 6.42 Å². The molecule has 0 amide bonds. The Bertz CT molecular complexity index is 674. The molecule has 2 aromatic rings. The molecule has 0 bridgehead atoms. The quantitative estimate of drug-likeness (QED) is 0.809. The van der Waals surface area contributed by atoms with Crippen LogP contribution in [0, 0.1) is 0 Å². The Morgan fingerprint density at radius 2 is 1.62 bits per heavy atom. The van der Waals surface area contributed by atoms with Crippen LogP contribution in [0.15, 0.2) is 18.3 Å². The molecule has 6 nitrogen and oxygen atoms in total. The molecule has 6 heteroatoms. The highest BCUT2D eigenvalue weighted by molar-refractivity contribution is 5.52. The molecule has 4 N–H and O–H groups in total. The van der Waals surface area contributed by atoms with E-state index in [0.29, 0.717) is 18.2 Å². The van der Waals surface area contributed by atoms with E-state index in [4.69, 9.17) is 20.9 Å². The summed E-state index contributed by atoms with van der Waals surface area (Å²) in [6.07, 6.45) is 4.30. The minimum absolute atomic E-state index is 0.176. The highest BCUT2D eigenvalue weighted by atomic mass is 16.5. The molecular formula is C18H26N4O2. The van der Waals surface area contributed by atoms with Gasteiger partial charge in [-0.15, -0.1) is 0 Å². The number of nitrogens with two attached hydrogens (primary N) is 2. The SMILES string of the molecule is CCC(CC)c1c(OC)cc(Cc2cnc(N)nc2N)cc1OC. The third kappa shape index (κ3) is 3.69. The number of benzene rings is 1. The minimum atomic E-state index is 0.176. The van der Waals surface area contributed by atoms with E-state index in [2.05, 4.69) is 23.8 Å². The number of ether oxygens (including phenoxy) is 2. The first-order valence-electron chi connectivity index (χ1n) is 8.15. The Morgan fingerprint density at radius 3 is 2.08 bits per heavy atom. The van der Waals surface area contributed by atoms with E-state index in [1.807, 2.05) is 12.1 Å². The molecule has 0 aliphatic rings. The fourth-order valence-corrected chi connectivity index (χ4v) is 2.98. The zero-order chi connectivity index (χ0) is 17.7. The highest BCUT2D eigenvalue weighted by Crippen LogP contribution is 2.40. The molecule has 0 spiro atoms. The van der Waals surface area contributed by atoms with E-state index in [9.17, 15) is 0 Å². The number of aromatic nitrogens is 2. The van der Waals surface area contributed by atoms with Crippen molar-refractivity contribution in [3.63, 3.8) is 0 Å². The van der Waals surface area contributed by atoms with Gasteiger partial charge >= 0.3 is 0 Å². The topological polar surface area (TPSA) is 96.3 Å². The molecule has 1 aromatic carbocycles. The zero-order valence-electron chi connectivity index (χ0n) is 14.8. The third-order valence-corrected chi connectivity index (χ3v) is 4.31. The van der Waals surface area contributed by atoms with Crippen molar-refractivity contribution in [3.8, 4) is 11.5 Å². The van der Waals surface area contributed by atoms with Crippen molar-refractivity contribution < 1.29 is 9.47 Å². The molecule has 0 saturated carbocycles. The van der Waals surface area contributed by atoms with Gasteiger partial charge in [-0.3, -0.25) is 0 Å². The van der Waals surface area contributed by atoms with E-state index >= 15 is 0 Å². The Balaban J connectivity index is 2.45. The molecule has 2 rings (SSSR count). The summed E-state index contributed by atoms with van der Waals surface area (Å²) in [6, 6.07) is 4.07. The fourth-order valence-electron chi connectivity index (χ4n) is 2.98. The summed E-state index contributed by atoms with van der Waals surface area (Å²) in [5, 5.41) is 0. The predicted octanol–water partition coefficient (Wildman–Crippen LogP) is 3.15. The largest absolute Gasteiger partial charge is 0.496 e. The Morgan fingerprint density at radius 1 is 1.04 bits per heavy atom. The summed E-state index contributed by atoms with van der Waals surface area (Å²) in [5.41, 5.74) is 14.5. The molecule has 0 unspecified atom stereocenters. The number of methoxy groups -OCH3 is 2. The van der Waals surface area contributed by atoms with E-state index in [1.54, 1.807) is 20.4 Å². The van der Waals surface area contributed by atoms with Crippen molar-refractivity contribution in [2.75, 3.05) is 25.7 Å². The van der Waals surface area contributed by atoms with Crippen LogP contribution in [0.2, 0.25) is 0 Å². The van der Waals surface area contributed by atoms with Gasteiger partial charge in [-0.05, 0) is 36.5 Å². The van der Waals surface area contributed by atoms with Gasteiger partial charge in [-0.25, -0.2) is 4.98 Å². The molecule has 0 aliphatic carbocycles. The van der Waals surface area contributed by atoms with Crippen LogP contribution in [0.25, 0.3) is 0 Å². The molecule has 130 valence electrons. The van der Waals surface area contributed by atoms with Gasteiger partial charge in [0.15, 0.2) is 0 Å². The van der Waals surface area contributed by atoms with Gasteiger partial charge in [-0.1, -0.05) is 13.8 Å². The Kier molecular flexibility index (Phi) is 5.84. The van der Waals surface area contributed by atoms with Crippen molar-refractivity contribution in [3.05, 3.63) is 35.0 Å². The number of hydrogen-bond donors (Lipinski definition) is 2. The third-order valence-electron chi connectivity index (χ3n) is 4.31. The lowest BCUT2D eigenvalue weighted by Crippen LogP contribution is -2.06. The summed E-state index contributed by atoms with van der Waals surface area (Å²) in [4.78, 5) is 8.03. The number of anilines is 2. The van der Waals surface area contributed by atoms with Gasteiger partial charge in [0.25, 0.3) is 0 Å². The van der Waals surface area contributed by atoms with Crippen LogP contribution in [0.1, 0.15) is 49.3 Å². The van der Waals surface area contributed by atoms with Crippen LogP contribution in [0.3, 0.4) is 0 Å². The van der Waals surface area contributed by atoms with Gasteiger partial charge in [0.05, 0.1) is 14.2 Å². The molecule has 0 radical (unpaired) electrons. The zero-order valence-corrected chi connectivity index (χ0v) is 14.8. The van der Waals surface area contributed by atoms with Crippen LogP contribution < -0.4 is 20.9 Å². The van der Waals surface area contributed by atoms with Crippen LogP contribution in [0.4, 0.5) is 11.8 Å². The van der Waals surface area contributed by atoms with Crippen LogP contribution in [-0.4, -0.2) is 24.2 Å². The summed E-state index contributed by atoms with van der Waals surface area (Å²) in [7, 11) is 3.37. The average Bonchev–Trinajstić information content (AvgIpc) is 2.58. The first-order chi connectivity index (χ1) is 11.5. The second kappa shape index (κ2) is 7.86. The van der Waals surface area contributed by atoms with Crippen molar-refractivity contribution in [2.24, 2.45) is 0 Å². The maximum Gasteiger partial charge on any atom is 0.221 e. The lowest BCUT2D eigenvalue weighted by Gasteiger charge is -2.21. The highest BCUT2D eigenvalue weighted by Gasteiger charge is 2.20. The molecule has 1 heterocycles. The monoisotopic (exact) mass is 330 g/mol.